The number of carbonyl (C=O) groups excluding carboxylic acids is 1. The van der Waals surface area contributed by atoms with Crippen molar-refractivity contribution in [3.63, 3.8) is 0 Å². The smallest absolute Gasteiger partial charge is 0.173 e. The maximum atomic E-state index is 13.5. The highest BCUT2D eigenvalue weighted by molar-refractivity contribution is 7.14. The molecule has 2 N–H and O–H groups in total. The number of nitrogens with zero attached hydrogens (tertiary/aromatic N) is 2. The summed E-state index contributed by atoms with van der Waals surface area (Å²) < 4.78 is 21.0. The van der Waals surface area contributed by atoms with Crippen LogP contribution in [0.4, 0.5) is 4.39 Å². The van der Waals surface area contributed by atoms with E-state index in [2.05, 4.69) is 5.10 Å². The summed E-state index contributed by atoms with van der Waals surface area (Å²) in [5.74, 6) is -0.318. The summed E-state index contributed by atoms with van der Waals surface area (Å²) in [6.45, 7) is 1.06. The summed E-state index contributed by atoms with van der Waals surface area (Å²) in [6.07, 6.45) is 3.15. The lowest BCUT2D eigenvalue weighted by Gasteiger charge is -2.14. The Balaban J connectivity index is 1.59. The second-order valence-corrected chi connectivity index (χ2v) is 9.02. The Morgan fingerprint density at radius 3 is 3.03 bits per heavy atom. The minimum atomic E-state index is -0.282. The number of ether oxygens (including phenoxy) is 1. The first-order valence-electron chi connectivity index (χ1n) is 9.86. The van der Waals surface area contributed by atoms with Crippen LogP contribution in [-0.4, -0.2) is 29.2 Å². The van der Waals surface area contributed by atoms with Crippen molar-refractivity contribution in [2.24, 2.45) is 11.7 Å². The second kappa shape index (κ2) is 8.98. The van der Waals surface area contributed by atoms with Gasteiger partial charge in [0.25, 0.3) is 0 Å². The van der Waals surface area contributed by atoms with Gasteiger partial charge in [-0.15, -0.1) is 11.3 Å². The Labute approximate surface area is 183 Å². The molecule has 0 radical (unpaired) electrons. The molecule has 0 amide bonds. The van der Waals surface area contributed by atoms with E-state index in [0.29, 0.717) is 35.8 Å². The fraction of sp³-hybridized carbons (Fsp3) is 0.364. The molecule has 3 heterocycles. The molecule has 1 aromatic carbocycles. The molecule has 3 aromatic rings. The number of hydrogen-bond donors (Lipinski definition) is 1. The van der Waals surface area contributed by atoms with Crippen LogP contribution >= 0.6 is 22.9 Å². The zero-order valence-corrected chi connectivity index (χ0v) is 18.2. The lowest BCUT2D eigenvalue weighted by Crippen LogP contribution is -2.20. The van der Waals surface area contributed by atoms with E-state index in [4.69, 9.17) is 22.1 Å². The molecule has 2 aromatic heterocycles. The van der Waals surface area contributed by atoms with Gasteiger partial charge in [0, 0.05) is 30.5 Å². The molecule has 1 aliphatic heterocycles. The van der Waals surface area contributed by atoms with Crippen LogP contribution in [0.3, 0.4) is 0 Å². The third-order valence-corrected chi connectivity index (χ3v) is 7.03. The Hall–Kier alpha value is -2.06. The van der Waals surface area contributed by atoms with E-state index in [9.17, 15) is 9.18 Å². The SMILES string of the molecule is COC1CCn2ncc(Cl)c2-c2cc(C(=O)C[C@H](CN)Cc3cccc(F)c3)sc21. The van der Waals surface area contributed by atoms with E-state index in [0.717, 1.165) is 28.1 Å². The van der Waals surface area contributed by atoms with Crippen molar-refractivity contribution in [2.45, 2.75) is 31.9 Å². The Kier molecular flexibility index (Phi) is 6.34. The molecule has 0 aliphatic carbocycles. The number of aromatic nitrogens is 2. The first kappa shape index (κ1) is 21.2. The molecule has 30 heavy (non-hydrogen) atoms. The van der Waals surface area contributed by atoms with Crippen LogP contribution in [0.15, 0.2) is 36.5 Å². The van der Waals surface area contributed by atoms with E-state index in [-0.39, 0.29) is 23.6 Å². The normalized spacial score (nSPS) is 16.6. The van der Waals surface area contributed by atoms with E-state index >= 15 is 0 Å². The standard InChI is InChI=1S/C22H23ClFN3O2S/c1-29-19-5-6-27-21(17(23)12-26-27)16-10-20(30-22(16)19)18(28)9-14(11-25)7-13-3-2-4-15(24)8-13/h2-4,8,10,12,14,19H,5-7,9,11,25H2,1H3/t14-,19?/m1/s1. The lowest BCUT2D eigenvalue weighted by molar-refractivity contribution is 0.0954. The lowest BCUT2D eigenvalue weighted by atomic mass is 9.93. The summed E-state index contributed by atoms with van der Waals surface area (Å²) in [7, 11) is 1.68. The maximum Gasteiger partial charge on any atom is 0.173 e. The van der Waals surface area contributed by atoms with Gasteiger partial charge in [-0.25, -0.2) is 4.39 Å². The van der Waals surface area contributed by atoms with E-state index < -0.39 is 0 Å². The predicted molar refractivity (Wildman–Crippen MR) is 117 cm³/mol. The van der Waals surface area contributed by atoms with E-state index in [1.54, 1.807) is 19.4 Å². The fourth-order valence-electron chi connectivity index (χ4n) is 3.96. The van der Waals surface area contributed by atoms with Crippen molar-refractivity contribution in [1.29, 1.82) is 0 Å². The van der Waals surface area contributed by atoms with Crippen molar-refractivity contribution < 1.29 is 13.9 Å². The van der Waals surface area contributed by atoms with Crippen LogP contribution in [0.2, 0.25) is 5.02 Å². The van der Waals surface area contributed by atoms with Gasteiger partial charge >= 0.3 is 0 Å². The number of rotatable bonds is 7. The largest absolute Gasteiger partial charge is 0.376 e. The van der Waals surface area contributed by atoms with E-state index in [1.165, 1.54) is 23.5 Å². The average molecular weight is 448 g/mol. The van der Waals surface area contributed by atoms with Crippen molar-refractivity contribution in [1.82, 2.24) is 9.78 Å². The quantitative estimate of drug-likeness (QED) is 0.524. The molecule has 4 rings (SSSR count). The third-order valence-electron chi connectivity index (χ3n) is 5.49. The molecule has 1 unspecified atom stereocenters. The van der Waals surface area contributed by atoms with Crippen LogP contribution in [-0.2, 0) is 17.7 Å². The maximum absolute atomic E-state index is 13.5. The molecule has 158 valence electrons. The fourth-order valence-corrected chi connectivity index (χ4v) is 5.43. The van der Waals surface area contributed by atoms with Gasteiger partial charge in [-0.3, -0.25) is 9.48 Å². The summed E-state index contributed by atoms with van der Waals surface area (Å²) in [5.41, 5.74) is 8.50. The number of thiophene rings is 1. The summed E-state index contributed by atoms with van der Waals surface area (Å²) in [6, 6.07) is 8.33. The number of fused-ring (bicyclic) bond motifs is 3. The van der Waals surface area contributed by atoms with Gasteiger partial charge in [-0.2, -0.15) is 5.10 Å². The molecule has 2 atom stereocenters. The number of halogens is 2. The minimum absolute atomic E-state index is 0.0250. The molecule has 0 saturated carbocycles. The second-order valence-electron chi connectivity index (χ2n) is 7.53. The van der Waals surface area contributed by atoms with Crippen LogP contribution in [0.25, 0.3) is 11.3 Å². The van der Waals surface area contributed by atoms with Gasteiger partial charge in [0.05, 0.1) is 27.9 Å². The van der Waals surface area contributed by atoms with Crippen LogP contribution in [0.1, 0.15) is 39.1 Å². The van der Waals surface area contributed by atoms with Crippen molar-refractivity contribution >= 4 is 28.7 Å². The predicted octanol–water partition coefficient (Wildman–Crippen LogP) is 4.89. The summed E-state index contributed by atoms with van der Waals surface area (Å²) in [5, 5.41) is 4.92. The molecule has 8 heteroatoms. The topological polar surface area (TPSA) is 70.1 Å². The van der Waals surface area contributed by atoms with Crippen molar-refractivity contribution in [2.75, 3.05) is 13.7 Å². The van der Waals surface area contributed by atoms with Crippen LogP contribution in [0.5, 0.6) is 0 Å². The molecule has 0 fully saturated rings. The van der Waals surface area contributed by atoms with Crippen LogP contribution in [0, 0.1) is 11.7 Å². The van der Waals surface area contributed by atoms with Gasteiger partial charge in [0.15, 0.2) is 5.78 Å². The Bertz CT molecular complexity index is 1060. The first-order valence-corrected chi connectivity index (χ1v) is 11.1. The Morgan fingerprint density at radius 2 is 2.30 bits per heavy atom. The number of aryl methyl sites for hydroxylation is 1. The molecular weight excluding hydrogens is 425 g/mol. The minimum Gasteiger partial charge on any atom is -0.376 e. The Morgan fingerprint density at radius 1 is 1.47 bits per heavy atom. The number of nitrogens with two attached hydrogens (primary N) is 1. The van der Waals surface area contributed by atoms with Gasteiger partial charge in [-0.05, 0) is 49.1 Å². The number of benzene rings is 1. The highest BCUT2D eigenvalue weighted by Crippen LogP contribution is 2.44. The van der Waals surface area contributed by atoms with Crippen LogP contribution < -0.4 is 5.73 Å². The number of Topliss-reactive ketones (excluding diaryl/α,β-unsaturated/α-hetero) is 1. The zero-order valence-electron chi connectivity index (χ0n) is 16.6. The van der Waals surface area contributed by atoms with Crippen molar-refractivity contribution in [3.05, 3.63) is 62.7 Å². The molecule has 0 bridgehead atoms. The van der Waals surface area contributed by atoms with Gasteiger partial charge in [0.2, 0.25) is 0 Å². The average Bonchev–Trinajstić information content (AvgIpc) is 3.28. The zero-order chi connectivity index (χ0) is 21.3. The molecular formula is C22H23ClFN3O2S. The van der Waals surface area contributed by atoms with E-state index in [1.807, 2.05) is 16.8 Å². The highest BCUT2D eigenvalue weighted by atomic mass is 35.5. The monoisotopic (exact) mass is 447 g/mol. The molecule has 1 aliphatic rings. The molecule has 5 nitrogen and oxygen atoms in total. The highest BCUT2D eigenvalue weighted by Gasteiger charge is 2.29. The first-order chi connectivity index (χ1) is 14.5. The van der Waals surface area contributed by atoms with Gasteiger partial charge in [-0.1, -0.05) is 23.7 Å². The molecule has 0 spiro atoms. The van der Waals surface area contributed by atoms with Gasteiger partial charge in [0.1, 0.15) is 5.82 Å². The number of hydrogen-bond acceptors (Lipinski definition) is 5. The van der Waals surface area contributed by atoms with Gasteiger partial charge < -0.3 is 10.5 Å². The number of ketones is 1. The number of carbonyl (C=O) groups is 1. The molecule has 0 saturated heterocycles. The summed E-state index contributed by atoms with van der Waals surface area (Å²) in [4.78, 5) is 14.7. The van der Waals surface area contributed by atoms with Crippen molar-refractivity contribution in [3.8, 4) is 11.3 Å². The third kappa shape index (κ3) is 4.21. The number of methoxy groups -OCH3 is 1. The summed E-state index contributed by atoms with van der Waals surface area (Å²) >= 11 is 7.85.